The van der Waals surface area contributed by atoms with Crippen LogP contribution in [0, 0.1) is 12.8 Å². The first-order valence-corrected chi connectivity index (χ1v) is 9.53. The quantitative estimate of drug-likeness (QED) is 0.757. The van der Waals surface area contributed by atoms with Crippen molar-refractivity contribution in [3.05, 3.63) is 64.7 Å². The van der Waals surface area contributed by atoms with Crippen molar-refractivity contribution in [3.8, 4) is 0 Å². The SMILES string of the molecule is CC[C@H](C=O)[C@H](NS(=O)(=O)c1ccc(C)cc1)c1ccc(Cl)cc1. The van der Waals surface area contributed by atoms with E-state index in [-0.39, 0.29) is 4.90 Å². The van der Waals surface area contributed by atoms with Gasteiger partial charge in [0.05, 0.1) is 10.9 Å². The molecule has 1 N–H and O–H groups in total. The minimum absolute atomic E-state index is 0.174. The average Bonchev–Trinajstić information content (AvgIpc) is 2.56. The fourth-order valence-corrected chi connectivity index (χ4v) is 3.84. The van der Waals surface area contributed by atoms with Crippen LogP contribution in [-0.2, 0) is 14.8 Å². The van der Waals surface area contributed by atoms with Crippen molar-refractivity contribution >= 4 is 27.9 Å². The first kappa shape index (κ1) is 18.6. The van der Waals surface area contributed by atoms with Gasteiger partial charge in [-0.1, -0.05) is 48.4 Å². The Labute approximate surface area is 147 Å². The lowest BCUT2D eigenvalue weighted by Crippen LogP contribution is -2.34. The molecule has 2 atom stereocenters. The van der Waals surface area contributed by atoms with Crippen LogP contribution in [0.1, 0.15) is 30.5 Å². The second-order valence-corrected chi connectivity index (χ2v) is 7.82. The predicted octanol–water partition coefficient (Wildman–Crippen LogP) is 3.89. The molecule has 24 heavy (non-hydrogen) atoms. The Morgan fingerprint density at radius 3 is 2.17 bits per heavy atom. The minimum Gasteiger partial charge on any atom is -0.303 e. The molecule has 128 valence electrons. The number of halogens is 1. The van der Waals surface area contributed by atoms with Gasteiger partial charge in [0.2, 0.25) is 10.0 Å². The van der Waals surface area contributed by atoms with E-state index >= 15 is 0 Å². The summed E-state index contributed by atoms with van der Waals surface area (Å²) in [4.78, 5) is 11.6. The van der Waals surface area contributed by atoms with Gasteiger partial charge in [0.25, 0.3) is 0 Å². The molecular formula is C18H20ClNO3S. The van der Waals surface area contributed by atoms with E-state index in [0.29, 0.717) is 17.0 Å². The number of carbonyl (C=O) groups is 1. The number of aryl methyl sites for hydroxylation is 1. The summed E-state index contributed by atoms with van der Waals surface area (Å²) in [7, 11) is -3.74. The van der Waals surface area contributed by atoms with E-state index in [1.807, 2.05) is 13.8 Å². The molecular weight excluding hydrogens is 346 g/mol. The lowest BCUT2D eigenvalue weighted by molar-refractivity contribution is -0.111. The zero-order valence-corrected chi connectivity index (χ0v) is 15.1. The molecule has 0 spiro atoms. The van der Waals surface area contributed by atoms with Gasteiger partial charge in [0, 0.05) is 10.9 Å². The number of aldehydes is 1. The minimum atomic E-state index is -3.74. The summed E-state index contributed by atoms with van der Waals surface area (Å²) in [6.45, 7) is 3.74. The van der Waals surface area contributed by atoms with Gasteiger partial charge in [-0.3, -0.25) is 0 Å². The Morgan fingerprint density at radius 2 is 1.67 bits per heavy atom. The second-order valence-electron chi connectivity index (χ2n) is 5.67. The van der Waals surface area contributed by atoms with Gasteiger partial charge in [-0.25, -0.2) is 13.1 Å². The fourth-order valence-electron chi connectivity index (χ4n) is 2.44. The van der Waals surface area contributed by atoms with E-state index in [4.69, 9.17) is 11.6 Å². The number of hydrogen-bond acceptors (Lipinski definition) is 3. The van der Waals surface area contributed by atoms with Crippen molar-refractivity contribution in [2.24, 2.45) is 5.92 Å². The molecule has 0 fully saturated rings. The van der Waals surface area contributed by atoms with Crippen LogP contribution in [0.3, 0.4) is 0 Å². The molecule has 0 aliphatic rings. The van der Waals surface area contributed by atoms with Crippen LogP contribution in [0.5, 0.6) is 0 Å². The molecule has 6 heteroatoms. The molecule has 0 amide bonds. The van der Waals surface area contributed by atoms with Gasteiger partial charge in [0.15, 0.2) is 0 Å². The molecule has 0 aromatic heterocycles. The molecule has 0 saturated heterocycles. The molecule has 2 aromatic carbocycles. The molecule has 0 aliphatic heterocycles. The lowest BCUT2D eigenvalue weighted by Gasteiger charge is -2.24. The molecule has 0 aliphatic carbocycles. The van der Waals surface area contributed by atoms with Crippen molar-refractivity contribution in [2.75, 3.05) is 0 Å². The number of nitrogens with one attached hydrogen (secondary N) is 1. The number of sulfonamides is 1. The van der Waals surface area contributed by atoms with Crippen LogP contribution >= 0.6 is 11.6 Å². The van der Waals surface area contributed by atoms with Crippen molar-refractivity contribution in [1.29, 1.82) is 0 Å². The first-order chi connectivity index (χ1) is 11.4. The fraction of sp³-hybridized carbons (Fsp3) is 0.278. The van der Waals surface area contributed by atoms with Gasteiger partial charge in [0.1, 0.15) is 6.29 Å². The maximum atomic E-state index is 12.7. The van der Waals surface area contributed by atoms with Crippen molar-refractivity contribution in [2.45, 2.75) is 31.2 Å². The lowest BCUT2D eigenvalue weighted by atomic mass is 9.93. The van der Waals surface area contributed by atoms with Crippen LogP contribution < -0.4 is 4.72 Å². The van der Waals surface area contributed by atoms with Gasteiger partial charge in [-0.05, 0) is 43.2 Å². The summed E-state index contributed by atoms with van der Waals surface area (Å²) in [5.74, 6) is -0.466. The summed E-state index contributed by atoms with van der Waals surface area (Å²) in [6, 6.07) is 12.8. The van der Waals surface area contributed by atoms with E-state index in [0.717, 1.165) is 11.8 Å². The van der Waals surface area contributed by atoms with Crippen molar-refractivity contribution in [1.82, 2.24) is 4.72 Å². The molecule has 2 rings (SSSR count). The largest absolute Gasteiger partial charge is 0.303 e. The van der Waals surface area contributed by atoms with E-state index in [1.165, 1.54) is 0 Å². The standard InChI is InChI=1S/C18H20ClNO3S/c1-3-14(12-21)18(15-6-8-16(19)9-7-15)20-24(22,23)17-10-4-13(2)5-11-17/h4-12,14,18,20H,3H2,1-2H3/t14-,18+/m1/s1. The summed E-state index contributed by atoms with van der Waals surface area (Å²) in [5.41, 5.74) is 1.68. The Bertz CT molecular complexity index is 786. The summed E-state index contributed by atoms with van der Waals surface area (Å²) >= 11 is 5.90. The third-order valence-electron chi connectivity index (χ3n) is 3.92. The summed E-state index contributed by atoms with van der Waals surface area (Å²) in [6.07, 6.45) is 1.31. The number of benzene rings is 2. The van der Waals surface area contributed by atoms with Gasteiger partial charge >= 0.3 is 0 Å². The van der Waals surface area contributed by atoms with Crippen molar-refractivity contribution < 1.29 is 13.2 Å². The Hall–Kier alpha value is -1.69. The Kier molecular flexibility index (Phi) is 6.15. The van der Waals surface area contributed by atoms with E-state index in [2.05, 4.69) is 4.72 Å². The normalized spacial score (nSPS) is 14.1. The zero-order valence-electron chi connectivity index (χ0n) is 13.6. The Balaban J connectivity index is 2.38. The monoisotopic (exact) mass is 365 g/mol. The van der Waals surface area contributed by atoms with Crippen molar-refractivity contribution in [3.63, 3.8) is 0 Å². The molecule has 0 saturated carbocycles. The number of hydrogen-bond donors (Lipinski definition) is 1. The molecule has 0 radical (unpaired) electrons. The smallest absolute Gasteiger partial charge is 0.241 e. The third kappa shape index (κ3) is 4.44. The summed E-state index contributed by atoms with van der Waals surface area (Å²) in [5, 5.41) is 0.554. The molecule has 0 heterocycles. The number of carbonyl (C=O) groups excluding carboxylic acids is 1. The molecule has 4 nitrogen and oxygen atoms in total. The maximum absolute atomic E-state index is 12.7. The highest BCUT2D eigenvalue weighted by Gasteiger charge is 2.27. The van der Waals surface area contributed by atoms with Crippen LogP contribution in [0.25, 0.3) is 0 Å². The highest BCUT2D eigenvalue weighted by Crippen LogP contribution is 2.27. The van der Waals surface area contributed by atoms with Crippen LogP contribution in [0.4, 0.5) is 0 Å². The predicted molar refractivity (Wildman–Crippen MR) is 95.5 cm³/mol. The topological polar surface area (TPSA) is 63.2 Å². The molecule has 2 aromatic rings. The van der Waals surface area contributed by atoms with Gasteiger partial charge < -0.3 is 4.79 Å². The average molecular weight is 366 g/mol. The highest BCUT2D eigenvalue weighted by atomic mass is 35.5. The second kappa shape index (κ2) is 7.92. The van der Waals surface area contributed by atoms with E-state index in [1.54, 1.807) is 48.5 Å². The van der Waals surface area contributed by atoms with Gasteiger partial charge in [-0.15, -0.1) is 0 Å². The van der Waals surface area contributed by atoms with Crippen LogP contribution in [0.15, 0.2) is 53.4 Å². The Morgan fingerprint density at radius 1 is 1.08 bits per heavy atom. The van der Waals surface area contributed by atoms with Gasteiger partial charge in [-0.2, -0.15) is 0 Å². The summed E-state index contributed by atoms with van der Waals surface area (Å²) < 4.78 is 28.0. The highest BCUT2D eigenvalue weighted by molar-refractivity contribution is 7.89. The van der Waals surface area contributed by atoms with E-state index < -0.39 is 22.0 Å². The first-order valence-electron chi connectivity index (χ1n) is 7.67. The van der Waals surface area contributed by atoms with E-state index in [9.17, 15) is 13.2 Å². The van der Waals surface area contributed by atoms with Crippen LogP contribution in [-0.4, -0.2) is 14.7 Å². The van der Waals surface area contributed by atoms with Crippen LogP contribution in [0.2, 0.25) is 5.02 Å². The molecule has 0 unspecified atom stereocenters. The third-order valence-corrected chi connectivity index (χ3v) is 5.63. The maximum Gasteiger partial charge on any atom is 0.241 e. The zero-order chi connectivity index (χ0) is 17.7. The molecule has 0 bridgehead atoms. The number of rotatable bonds is 7.